The number of carboxylic acid groups (broad SMARTS) is 1. The SMILES string of the molecule is CC1(C)C(N(O)C(=O)Nc2cccc(Cl)c2)N(c2cccc(Cl)c2)C(=O)N1CC(=O)[O-]. The highest BCUT2D eigenvalue weighted by molar-refractivity contribution is 6.31. The monoisotopic (exact) mass is 465 g/mol. The molecule has 4 amide bonds. The zero-order chi connectivity index (χ0) is 22.9. The molecule has 1 atom stereocenters. The second-order valence-corrected chi connectivity index (χ2v) is 8.28. The molecule has 1 aliphatic rings. The van der Waals surface area contributed by atoms with Crippen LogP contribution < -0.4 is 15.3 Å². The normalized spacial score (nSPS) is 17.6. The minimum atomic E-state index is -1.49. The van der Waals surface area contributed by atoms with E-state index in [1.807, 2.05) is 0 Å². The van der Waals surface area contributed by atoms with Crippen molar-refractivity contribution in [1.82, 2.24) is 9.96 Å². The van der Waals surface area contributed by atoms with Crippen LogP contribution in [0.5, 0.6) is 0 Å². The zero-order valence-corrected chi connectivity index (χ0v) is 18.1. The molecule has 31 heavy (non-hydrogen) atoms. The second-order valence-electron chi connectivity index (χ2n) is 7.40. The Morgan fingerprint density at radius 1 is 1.16 bits per heavy atom. The molecule has 0 aromatic heterocycles. The predicted octanol–water partition coefficient (Wildman–Crippen LogP) is 3.01. The number of nitrogens with zero attached hydrogens (tertiary/aromatic N) is 3. The number of hydrogen-bond acceptors (Lipinski definition) is 5. The number of anilines is 2. The molecule has 11 heteroatoms. The lowest BCUT2D eigenvalue weighted by atomic mass is 10.00. The van der Waals surface area contributed by atoms with E-state index in [9.17, 15) is 24.7 Å². The minimum Gasteiger partial charge on any atom is -0.548 e. The van der Waals surface area contributed by atoms with Crippen molar-refractivity contribution in [3.8, 4) is 0 Å². The maximum Gasteiger partial charge on any atom is 0.347 e. The van der Waals surface area contributed by atoms with Crippen LogP contribution in [0.15, 0.2) is 48.5 Å². The van der Waals surface area contributed by atoms with E-state index >= 15 is 0 Å². The number of hydrogen-bond donors (Lipinski definition) is 2. The maximum atomic E-state index is 13.1. The first-order valence-electron chi connectivity index (χ1n) is 9.13. The Bertz CT molecular complexity index is 1030. The van der Waals surface area contributed by atoms with E-state index in [1.54, 1.807) is 36.4 Å². The largest absolute Gasteiger partial charge is 0.548 e. The van der Waals surface area contributed by atoms with Gasteiger partial charge in [-0.25, -0.2) is 9.59 Å². The van der Waals surface area contributed by atoms with Gasteiger partial charge < -0.3 is 20.1 Å². The van der Waals surface area contributed by atoms with Gasteiger partial charge in [-0.3, -0.25) is 10.1 Å². The number of amides is 4. The molecule has 1 unspecified atom stereocenters. The molecule has 2 aromatic carbocycles. The average Bonchev–Trinajstić information content (AvgIpc) is 2.87. The lowest BCUT2D eigenvalue weighted by Crippen LogP contribution is -2.58. The molecule has 0 spiro atoms. The molecule has 2 N–H and O–H groups in total. The van der Waals surface area contributed by atoms with Crippen molar-refractivity contribution in [3.05, 3.63) is 58.6 Å². The van der Waals surface area contributed by atoms with Crippen LogP contribution in [0.4, 0.5) is 21.0 Å². The van der Waals surface area contributed by atoms with Gasteiger partial charge in [0.2, 0.25) is 0 Å². The van der Waals surface area contributed by atoms with Crippen molar-refractivity contribution in [2.75, 3.05) is 16.8 Å². The van der Waals surface area contributed by atoms with E-state index < -0.39 is 36.3 Å². The van der Waals surface area contributed by atoms with Gasteiger partial charge in [0.05, 0.1) is 18.1 Å². The first-order chi connectivity index (χ1) is 14.5. The fourth-order valence-corrected chi connectivity index (χ4v) is 3.86. The summed E-state index contributed by atoms with van der Waals surface area (Å²) < 4.78 is 0. The Balaban J connectivity index is 2.00. The number of hydroxylamine groups is 2. The fraction of sp³-hybridized carbons (Fsp3) is 0.250. The van der Waals surface area contributed by atoms with Gasteiger partial charge in [-0.1, -0.05) is 35.3 Å². The van der Waals surface area contributed by atoms with Crippen LogP contribution >= 0.6 is 23.2 Å². The zero-order valence-electron chi connectivity index (χ0n) is 16.6. The number of carboxylic acids is 1. The maximum absolute atomic E-state index is 13.1. The van der Waals surface area contributed by atoms with Gasteiger partial charge in [0, 0.05) is 21.4 Å². The van der Waals surface area contributed by atoms with Gasteiger partial charge in [0.1, 0.15) is 0 Å². The summed E-state index contributed by atoms with van der Waals surface area (Å²) in [7, 11) is 0. The molecule has 1 heterocycles. The van der Waals surface area contributed by atoms with Crippen molar-refractivity contribution in [3.63, 3.8) is 0 Å². The number of nitrogens with one attached hydrogen (secondary N) is 1. The summed E-state index contributed by atoms with van der Waals surface area (Å²) in [5, 5.41) is 25.6. The molecule has 9 nitrogen and oxygen atoms in total. The van der Waals surface area contributed by atoms with Crippen molar-refractivity contribution in [1.29, 1.82) is 0 Å². The lowest BCUT2D eigenvalue weighted by Gasteiger charge is -2.38. The van der Waals surface area contributed by atoms with E-state index in [1.165, 1.54) is 26.0 Å². The highest BCUT2D eigenvalue weighted by Crippen LogP contribution is 2.38. The number of urea groups is 2. The smallest absolute Gasteiger partial charge is 0.347 e. The topological polar surface area (TPSA) is 116 Å². The molecule has 1 saturated heterocycles. The molecule has 0 aliphatic carbocycles. The molecule has 3 rings (SSSR count). The van der Waals surface area contributed by atoms with E-state index in [-0.39, 0.29) is 5.69 Å². The first-order valence-corrected chi connectivity index (χ1v) is 9.89. The molecule has 0 bridgehead atoms. The quantitative estimate of drug-likeness (QED) is 0.519. The number of rotatable bonds is 5. The molecule has 0 radical (unpaired) electrons. The Kier molecular flexibility index (Phi) is 6.30. The summed E-state index contributed by atoms with van der Waals surface area (Å²) in [5.74, 6) is -1.49. The molecule has 1 fully saturated rings. The summed E-state index contributed by atoms with van der Waals surface area (Å²) >= 11 is 12.0. The van der Waals surface area contributed by atoms with Crippen molar-refractivity contribution in [2.24, 2.45) is 0 Å². The van der Waals surface area contributed by atoms with Gasteiger partial charge in [-0.2, -0.15) is 5.06 Å². The summed E-state index contributed by atoms with van der Waals surface area (Å²) in [6.45, 7) is 2.32. The first kappa shape index (κ1) is 22.7. The van der Waals surface area contributed by atoms with Gasteiger partial charge >= 0.3 is 12.1 Å². The number of carbonyl (C=O) groups is 3. The Morgan fingerprint density at radius 3 is 2.35 bits per heavy atom. The van der Waals surface area contributed by atoms with Crippen molar-refractivity contribution >= 4 is 52.6 Å². The molecule has 164 valence electrons. The minimum absolute atomic E-state index is 0.269. The summed E-state index contributed by atoms with van der Waals surface area (Å²) in [6, 6.07) is 10.8. The highest BCUT2D eigenvalue weighted by atomic mass is 35.5. The van der Waals surface area contributed by atoms with E-state index in [0.29, 0.717) is 20.8 Å². The number of benzene rings is 2. The van der Waals surface area contributed by atoms with Crippen LogP contribution in [0, 0.1) is 0 Å². The number of aliphatic carboxylic acids is 1. The van der Waals surface area contributed by atoms with Crippen molar-refractivity contribution in [2.45, 2.75) is 25.6 Å². The molecule has 2 aromatic rings. The standard InChI is InChI=1S/C20H20Cl2N4O5/c1-20(2)17(26(31)18(29)23-14-7-3-5-12(21)9-14)25(15-8-4-6-13(22)10-15)19(30)24(20)11-16(27)28/h3-10,17,31H,11H2,1-2H3,(H,23,29)(H,27,28)/p-1. The van der Waals surface area contributed by atoms with Gasteiger partial charge in [0.15, 0.2) is 6.17 Å². The van der Waals surface area contributed by atoms with Crippen LogP contribution in [0.1, 0.15) is 13.8 Å². The van der Waals surface area contributed by atoms with Crippen LogP contribution in [-0.2, 0) is 4.79 Å². The third kappa shape index (κ3) is 4.53. The van der Waals surface area contributed by atoms with Crippen LogP contribution in [0.3, 0.4) is 0 Å². The summed E-state index contributed by atoms with van der Waals surface area (Å²) in [5.41, 5.74) is -0.731. The molecule has 0 saturated carbocycles. The van der Waals surface area contributed by atoms with Crippen LogP contribution in [0.25, 0.3) is 0 Å². The number of carbonyl (C=O) groups excluding carboxylic acids is 3. The number of halogens is 2. The fourth-order valence-electron chi connectivity index (χ4n) is 3.48. The van der Waals surface area contributed by atoms with Crippen LogP contribution in [0.2, 0.25) is 10.0 Å². The van der Waals surface area contributed by atoms with Crippen LogP contribution in [-0.4, -0.2) is 51.5 Å². The van der Waals surface area contributed by atoms with E-state index in [4.69, 9.17) is 23.2 Å². The highest BCUT2D eigenvalue weighted by Gasteiger charge is 2.56. The van der Waals surface area contributed by atoms with Gasteiger partial charge in [-0.15, -0.1) is 0 Å². The van der Waals surface area contributed by atoms with Gasteiger partial charge in [-0.05, 0) is 50.2 Å². The van der Waals surface area contributed by atoms with E-state index in [0.717, 1.165) is 9.80 Å². The lowest BCUT2D eigenvalue weighted by molar-refractivity contribution is -0.306. The average molecular weight is 466 g/mol. The summed E-state index contributed by atoms with van der Waals surface area (Å²) in [4.78, 5) is 39.3. The molecule has 1 aliphatic heterocycles. The third-order valence-electron chi connectivity index (χ3n) is 4.90. The Morgan fingerprint density at radius 2 is 1.77 bits per heavy atom. The van der Waals surface area contributed by atoms with Crippen molar-refractivity contribution < 1.29 is 24.7 Å². The van der Waals surface area contributed by atoms with Gasteiger partial charge in [0.25, 0.3) is 0 Å². The van der Waals surface area contributed by atoms with E-state index in [2.05, 4.69) is 5.32 Å². The molecular formula is C20H19Cl2N4O5-. The Hall–Kier alpha value is -3.01. The molecular weight excluding hydrogens is 447 g/mol. The Labute approximate surface area is 188 Å². The predicted molar refractivity (Wildman–Crippen MR) is 113 cm³/mol. The summed E-state index contributed by atoms with van der Waals surface area (Å²) in [6.07, 6.45) is -1.29. The third-order valence-corrected chi connectivity index (χ3v) is 5.37. The second kappa shape index (κ2) is 8.62.